The molecule has 6 nitrogen and oxygen atoms in total. The number of hydrogen-bond donors (Lipinski definition) is 0. The minimum absolute atomic E-state index is 0.210. The van der Waals surface area contributed by atoms with Gasteiger partial charge in [0.25, 0.3) is 0 Å². The first-order chi connectivity index (χ1) is 14.1. The number of hydrogen-bond acceptors (Lipinski definition) is 5. The standard InChI is InChI=1S/C21H13Cl2N3O3/c22-15-3-10-20(23)19(11-15)21(27)14-1-4-16(5-2-14)28-17-6-8-18(9-7-17)29-26-13-24-12-25-26/h1-13H. The van der Waals surface area contributed by atoms with Crippen molar-refractivity contribution in [2.24, 2.45) is 0 Å². The van der Waals surface area contributed by atoms with Crippen LogP contribution >= 0.6 is 23.2 Å². The summed E-state index contributed by atoms with van der Waals surface area (Å²) in [5.41, 5.74) is 0.842. The summed E-state index contributed by atoms with van der Waals surface area (Å²) in [6.07, 6.45) is 2.83. The first-order valence-corrected chi connectivity index (χ1v) is 9.25. The maximum absolute atomic E-state index is 12.6. The van der Waals surface area contributed by atoms with E-state index in [-0.39, 0.29) is 5.78 Å². The molecule has 1 heterocycles. The number of benzene rings is 3. The van der Waals surface area contributed by atoms with Gasteiger partial charge in [0.1, 0.15) is 17.8 Å². The van der Waals surface area contributed by atoms with Gasteiger partial charge in [-0.15, -0.1) is 5.10 Å². The molecule has 1 aromatic heterocycles. The normalized spacial score (nSPS) is 10.6. The van der Waals surface area contributed by atoms with E-state index < -0.39 is 0 Å². The lowest BCUT2D eigenvalue weighted by atomic mass is 10.0. The van der Waals surface area contributed by atoms with Gasteiger partial charge in [-0.2, -0.15) is 0 Å². The average molecular weight is 426 g/mol. The van der Waals surface area contributed by atoms with Crippen molar-refractivity contribution in [1.29, 1.82) is 0 Å². The van der Waals surface area contributed by atoms with Crippen molar-refractivity contribution in [2.75, 3.05) is 0 Å². The fraction of sp³-hybridized carbons (Fsp3) is 0. The molecule has 0 N–H and O–H groups in total. The van der Waals surface area contributed by atoms with Crippen molar-refractivity contribution in [3.05, 3.63) is 101 Å². The highest BCUT2D eigenvalue weighted by molar-refractivity contribution is 6.36. The first kappa shape index (κ1) is 19.0. The molecule has 0 fully saturated rings. The van der Waals surface area contributed by atoms with Crippen LogP contribution < -0.4 is 9.57 Å². The summed E-state index contributed by atoms with van der Waals surface area (Å²) in [7, 11) is 0. The van der Waals surface area contributed by atoms with Crippen LogP contribution in [0.25, 0.3) is 0 Å². The van der Waals surface area contributed by atoms with Crippen LogP contribution in [0, 0.1) is 0 Å². The molecule has 0 spiro atoms. The molecule has 8 heteroatoms. The van der Waals surface area contributed by atoms with E-state index in [1.807, 2.05) is 0 Å². The van der Waals surface area contributed by atoms with E-state index in [1.54, 1.807) is 66.7 Å². The summed E-state index contributed by atoms with van der Waals surface area (Å²) < 4.78 is 5.80. The highest BCUT2D eigenvalue weighted by atomic mass is 35.5. The number of ketones is 1. The monoisotopic (exact) mass is 425 g/mol. The number of ether oxygens (including phenoxy) is 1. The first-order valence-electron chi connectivity index (χ1n) is 8.49. The Hall–Kier alpha value is -3.35. The lowest BCUT2D eigenvalue weighted by Gasteiger charge is -2.09. The Morgan fingerprint density at radius 2 is 1.52 bits per heavy atom. The molecule has 0 saturated carbocycles. The Kier molecular flexibility index (Phi) is 5.46. The Labute approximate surface area is 176 Å². The van der Waals surface area contributed by atoms with Gasteiger partial charge in [-0.25, -0.2) is 4.98 Å². The molecule has 0 unspecified atom stereocenters. The van der Waals surface area contributed by atoms with E-state index in [2.05, 4.69) is 10.1 Å². The second-order valence-electron chi connectivity index (χ2n) is 5.94. The maximum Gasteiger partial charge on any atom is 0.194 e. The Bertz CT molecular complexity index is 1130. The second-order valence-corrected chi connectivity index (χ2v) is 6.78. The van der Waals surface area contributed by atoms with Gasteiger partial charge >= 0.3 is 0 Å². The van der Waals surface area contributed by atoms with Crippen molar-refractivity contribution >= 4 is 29.0 Å². The van der Waals surface area contributed by atoms with Crippen molar-refractivity contribution in [3.8, 4) is 17.2 Å². The van der Waals surface area contributed by atoms with Gasteiger partial charge < -0.3 is 9.57 Å². The zero-order valence-electron chi connectivity index (χ0n) is 14.8. The SMILES string of the molecule is O=C(c1ccc(Oc2ccc(On3cncn3)cc2)cc1)c1cc(Cl)ccc1Cl. The lowest BCUT2D eigenvalue weighted by Crippen LogP contribution is -2.04. The predicted molar refractivity (Wildman–Crippen MR) is 109 cm³/mol. The smallest absolute Gasteiger partial charge is 0.194 e. The van der Waals surface area contributed by atoms with E-state index in [4.69, 9.17) is 32.8 Å². The van der Waals surface area contributed by atoms with Crippen LogP contribution in [0.15, 0.2) is 79.4 Å². The van der Waals surface area contributed by atoms with Crippen LogP contribution in [-0.2, 0) is 0 Å². The van der Waals surface area contributed by atoms with Crippen molar-refractivity contribution in [1.82, 2.24) is 14.9 Å². The van der Waals surface area contributed by atoms with Gasteiger partial charge in [-0.05, 0) is 66.7 Å². The zero-order chi connectivity index (χ0) is 20.2. The topological polar surface area (TPSA) is 66.2 Å². The quantitative estimate of drug-likeness (QED) is 0.384. The van der Waals surface area contributed by atoms with Gasteiger partial charge in [-0.3, -0.25) is 4.79 Å². The number of rotatable bonds is 6. The molecule has 0 saturated heterocycles. The summed E-state index contributed by atoms with van der Waals surface area (Å²) in [6, 6.07) is 18.6. The lowest BCUT2D eigenvalue weighted by molar-refractivity contribution is 0.103. The summed E-state index contributed by atoms with van der Waals surface area (Å²) in [6.45, 7) is 0. The highest BCUT2D eigenvalue weighted by Crippen LogP contribution is 2.27. The van der Waals surface area contributed by atoms with Crippen LogP contribution in [0.2, 0.25) is 10.0 Å². The third kappa shape index (κ3) is 4.56. The molecule has 0 bridgehead atoms. The van der Waals surface area contributed by atoms with Crippen molar-refractivity contribution in [2.45, 2.75) is 0 Å². The Morgan fingerprint density at radius 3 is 2.17 bits per heavy atom. The van der Waals surface area contributed by atoms with Crippen LogP contribution in [0.1, 0.15) is 15.9 Å². The summed E-state index contributed by atoms with van der Waals surface area (Å²) in [5, 5.41) is 4.67. The van der Waals surface area contributed by atoms with Gasteiger partial charge in [-0.1, -0.05) is 28.0 Å². The van der Waals surface area contributed by atoms with E-state index in [0.29, 0.717) is 38.4 Å². The molecule has 0 aliphatic heterocycles. The molecule has 0 amide bonds. The third-order valence-electron chi connectivity index (χ3n) is 3.95. The third-order valence-corrected chi connectivity index (χ3v) is 4.51. The Balaban J connectivity index is 1.44. The van der Waals surface area contributed by atoms with Crippen LogP contribution in [0.4, 0.5) is 0 Å². The molecule has 0 aliphatic carbocycles. The molecule has 4 rings (SSSR count). The molecule has 0 atom stereocenters. The number of nitrogens with zero attached hydrogens (tertiary/aromatic N) is 3. The van der Waals surface area contributed by atoms with E-state index in [9.17, 15) is 4.79 Å². The highest BCUT2D eigenvalue weighted by Gasteiger charge is 2.13. The van der Waals surface area contributed by atoms with Gasteiger partial charge in [0.05, 0.1) is 5.02 Å². The van der Waals surface area contributed by atoms with Gasteiger partial charge in [0, 0.05) is 16.1 Å². The molecular weight excluding hydrogens is 413 g/mol. The fourth-order valence-electron chi connectivity index (χ4n) is 2.56. The second kappa shape index (κ2) is 8.34. The van der Waals surface area contributed by atoms with Gasteiger partial charge in [0.15, 0.2) is 17.9 Å². The average Bonchev–Trinajstić information content (AvgIpc) is 3.24. The summed E-state index contributed by atoms with van der Waals surface area (Å²) >= 11 is 12.1. The van der Waals surface area contributed by atoms with Crippen LogP contribution in [-0.4, -0.2) is 20.7 Å². The molecule has 0 aliphatic rings. The predicted octanol–water partition coefficient (Wildman–Crippen LogP) is 5.45. The minimum Gasteiger partial charge on any atom is -0.457 e. The molecule has 0 radical (unpaired) electrons. The van der Waals surface area contributed by atoms with E-state index in [0.717, 1.165) is 0 Å². The van der Waals surface area contributed by atoms with E-state index >= 15 is 0 Å². The van der Waals surface area contributed by atoms with Crippen molar-refractivity contribution < 1.29 is 14.4 Å². The number of halogens is 2. The minimum atomic E-state index is -0.210. The number of aromatic nitrogens is 3. The van der Waals surface area contributed by atoms with Crippen LogP contribution in [0.3, 0.4) is 0 Å². The molecule has 4 aromatic rings. The summed E-state index contributed by atoms with van der Waals surface area (Å²) in [5.74, 6) is 1.58. The number of carbonyl (C=O) groups is 1. The zero-order valence-corrected chi connectivity index (χ0v) is 16.3. The van der Waals surface area contributed by atoms with E-state index in [1.165, 1.54) is 17.5 Å². The molecular formula is C21H13Cl2N3O3. The summed E-state index contributed by atoms with van der Waals surface area (Å²) in [4.78, 5) is 23.2. The fourth-order valence-corrected chi connectivity index (χ4v) is 2.93. The molecule has 29 heavy (non-hydrogen) atoms. The van der Waals surface area contributed by atoms with Crippen molar-refractivity contribution in [3.63, 3.8) is 0 Å². The number of carbonyl (C=O) groups excluding carboxylic acids is 1. The van der Waals surface area contributed by atoms with Gasteiger partial charge in [0.2, 0.25) is 0 Å². The maximum atomic E-state index is 12.6. The largest absolute Gasteiger partial charge is 0.457 e. The molecule has 3 aromatic carbocycles. The molecule has 144 valence electrons. The Morgan fingerprint density at radius 1 is 0.862 bits per heavy atom. The van der Waals surface area contributed by atoms with Crippen LogP contribution in [0.5, 0.6) is 17.2 Å².